The summed E-state index contributed by atoms with van der Waals surface area (Å²) in [4.78, 5) is 41.5. The quantitative estimate of drug-likeness (QED) is 0.124. The van der Waals surface area contributed by atoms with Crippen LogP contribution < -0.4 is 0 Å². The Morgan fingerprint density at radius 2 is 1.27 bits per heavy atom. The minimum atomic E-state index is -4.81. The van der Waals surface area contributed by atoms with Crippen LogP contribution in [0.4, 0.5) is 0 Å². The highest BCUT2D eigenvalue weighted by Crippen LogP contribution is 2.35. The molecule has 0 rings (SSSR count). The number of carbonyl (C=O) groups is 2. The monoisotopic (exact) mass is 522 g/mol. The molecule has 0 aliphatic heterocycles. The maximum absolute atomic E-state index is 12.0. The smallest absolute Gasteiger partial charge is 0.456 e. The van der Waals surface area contributed by atoms with E-state index in [2.05, 4.69) is 94.3 Å². The van der Waals surface area contributed by atoms with Crippen molar-refractivity contribution in [2.24, 2.45) is 0 Å². The van der Waals surface area contributed by atoms with Crippen LogP contribution in [0.2, 0.25) is 0 Å². The molecule has 0 bridgehead atoms. The van der Waals surface area contributed by atoms with Crippen molar-refractivity contribution in [3.05, 3.63) is 0 Å². The second kappa shape index (κ2) is 22.4. The topological polar surface area (TPSA) is 119 Å². The number of phosphoric ester groups is 1. The number of carbonyl (C=O) groups excluding carboxylic acids is 2. The third kappa shape index (κ3) is 24.9. The molecule has 0 saturated heterocycles. The lowest BCUT2D eigenvalue weighted by molar-refractivity contribution is -0.158. The van der Waals surface area contributed by atoms with Gasteiger partial charge < -0.3 is 19.3 Å². The van der Waals surface area contributed by atoms with Gasteiger partial charge in [0.1, 0.15) is 6.61 Å². The first kappa shape index (κ1) is 33.0. The van der Waals surface area contributed by atoms with E-state index in [1.54, 1.807) is 6.92 Å². The molecule has 0 aromatic heterocycles. The summed E-state index contributed by atoms with van der Waals surface area (Å²) in [5.41, 5.74) is 0. The molecule has 9 heteroatoms. The maximum atomic E-state index is 12.0. The van der Waals surface area contributed by atoms with Gasteiger partial charge >= 0.3 is 19.8 Å². The highest BCUT2D eigenvalue weighted by atomic mass is 31.2. The first-order chi connectivity index (χ1) is 17.8. The number of phosphoric acid groups is 1. The summed E-state index contributed by atoms with van der Waals surface area (Å²) in [5.74, 6) is 32.1. The van der Waals surface area contributed by atoms with E-state index in [0.717, 1.165) is 32.1 Å². The van der Waals surface area contributed by atoms with E-state index in [1.165, 1.54) is 0 Å². The number of unbranched alkanes of at least 4 members (excludes halogenated alkanes) is 5. The van der Waals surface area contributed by atoms with E-state index >= 15 is 0 Å². The normalized spacial score (nSPS) is 9.41. The molecule has 0 spiro atoms. The fraction of sp³-hybridized carbons (Fsp3) is 0.429. The molecule has 0 aromatic rings. The van der Waals surface area contributed by atoms with Gasteiger partial charge in [-0.3, -0.25) is 9.32 Å². The molecule has 0 fully saturated rings. The van der Waals surface area contributed by atoms with E-state index in [1.807, 2.05) is 0 Å². The van der Waals surface area contributed by atoms with Crippen molar-refractivity contribution in [1.82, 2.24) is 0 Å². The van der Waals surface area contributed by atoms with Gasteiger partial charge in [-0.25, -0.2) is 9.36 Å². The van der Waals surface area contributed by atoms with Gasteiger partial charge in [-0.1, -0.05) is 44.9 Å². The molecule has 0 amide bonds. The molecule has 0 heterocycles. The molecule has 37 heavy (non-hydrogen) atoms. The second-order valence-corrected chi connectivity index (χ2v) is 8.13. The van der Waals surface area contributed by atoms with Gasteiger partial charge in [-0.05, 0) is 84.4 Å². The van der Waals surface area contributed by atoms with Crippen LogP contribution in [0.5, 0.6) is 0 Å². The number of rotatable bonds is 13. The first-order valence-corrected chi connectivity index (χ1v) is 12.8. The highest BCUT2D eigenvalue weighted by molar-refractivity contribution is 7.46. The van der Waals surface area contributed by atoms with Gasteiger partial charge in [0.15, 0.2) is 6.10 Å². The van der Waals surface area contributed by atoms with Crippen molar-refractivity contribution in [3.63, 3.8) is 0 Å². The van der Waals surface area contributed by atoms with Crippen LogP contribution in [-0.2, 0) is 28.2 Å². The molecule has 192 valence electrons. The molecule has 0 aliphatic rings. The predicted molar refractivity (Wildman–Crippen MR) is 137 cm³/mol. The molecule has 1 atom stereocenters. The van der Waals surface area contributed by atoms with Crippen molar-refractivity contribution in [2.75, 3.05) is 13.2 Å². The van der Waals surface area contributed by atoms with E-state index in [4.69, 9.17) is 19.3 Å². The van der Waals surface area contributed by atoms with Gasteiger partial charge in [-0.2, -0.15) is 0 Å². The summed E-state index contributed by atoms with van der Waals surface area (Å²) in [6.07, 6.45) is 4.74. The summed E-state index contributed by atoms with van der Waals surface area (Å²) in [7, 11) is -4.81. The zero-order valence-corrected chi connectivity index (χ0v) is 21.6. The van der Waals surface area contributed by atoms with Crippen molar-refractivity contribution >= 4 is 19.8 Å². The molecular formula is C28H27O8P. The summed E-state index contributed by atoms with van der Waals surface area (Å²) in [6.45, 7) is 2.60. The van der Waals surface area contributed by atoms with E-state index in [9.17, 15) is 14.2 Å². The maximum Gasteiger partial charge on any atom is 0.469 e. The summed E-state index contributed by atoms with van der Waals surface area (Å²) < 4.78 is 25.3. The zero-order chi connectivity index (χ0) is 27.6. The predicted octanol–water partition coefficient (Wildman–Crippen LogP) is 2.34. The van der Waals surface area contributed by atoms with E-state index < -0.39 is 39.1 Å². The van der Waals surface area contributed by atoms with Crippen molar-refractivity contribution < 1.29 is 37.9 Å². The number of ether oxygens (including phenoxy) is 2. The minimum absolute atomic E-state index is 0.127. The SMILES string of the molecule is CC#CC#CC#CC#CC#CC#CC#CC(=O)OC[C@@H](COP(=O)(O)O)OC(=O)CCCCCCCC. The molecule has 0 unspecified atom stereocenters. The van der Waals surface area contributed by atoms with Crippen LogP contribution in [0.25, 0.3) is 0 Å². The Labute approximate surface area is 218 Å². The average Bonchev–Trinajstić information content (AvgIpc) is 2.85. The van der Waals surface area contributed by atoms with Gasteiger partial charge in [0, 0.05) is 12.3 Å². The van der Waals surface area contributed by atoms with E-state index in [0.29, 0.717) is 6.42 Å². The Hall–Kier alpha value is -4.03. The van der Waals surface area contributed by atoms with Crippen LogP contribution in [0.3, 0.4) is 0 Å². The second-order valence-electron chi connectivity index (χ2n) is 6.89. The first-order valence-electron chi connectivity index (χ1n) is 11.3. The van der Waals surface area contributed by atoms with E-state index in [-0.39, 0.29) is 6.42 Å². The van der Waals surface area contributed by atoms with Crippen LogP contribution in [-0.4, -0.2) is 41.0 Å². The summed E-state index contributed by atoms with van der Waals surface area (Å²) >= 11 is 0. The fourth-order valence-corrected chi connectivity index (χ4v) is 2.61. The molecule has 0 saturated carbocycles. The zero-order valence-electron chi connectivity index (χ0n) is 20.7. The van der Waals surface area contributed by atoms with Gasteiger partial charge in [0.2, 0.25) is 0 Å². The lowest BCUT2D eigenvalue weighted by Gasteiger charge is -2.17. The lowest BCUT2D eigenvalue weighted by Crippen LogP contribution is -2.29. The molecule has 8 nitrogen and oxygen atoms in total. The van der Waals surface area contributed by atoms with Crippen LogP contribution >= 0.6 is 7.82 Å². The third-order valence-corrected chi connectivity index (χ3v) is 4.32. The Morgan fingerprint density at radius 1 is 0.757 bits per heavy atom. The van der Waals surface area contributed by atoms with Crippen molar-refractivity contribution in [3.8, 4) is 82.9 Å². The van der Waals surface area contributed by atoms with Gasteiger partial charge in [-0.15, -0.1) is 0 Å². The highest BCUT2D eigenvalue weighted by Gasteiger charge is 2.22. The number of hydrogen-bond donors (Lipinski definition) is 2. The van der Waals surface area contributed by atoms with Crippen LogP contribution in [0.15, 0.2) is 0 Å². The third-order valence-electron chi connectivity index (χ3n) is 3.84. The minimum Gasteiger partial charge on any atom is -0.456 e. The lowest BCUT2D eigenvalue weighted by atomic mass is 10.1. The number of hydrogen-bond acceptors (Lipinski definition) is 6. The average molecular weight is 522 g/mol. The van der Waals surface area contributed by atoms with Gasteiger partial charge in [0.05, 0.1) is 6.61 Å². The standard InChI is InChI=1S/C28H27O8P/c1-3-5-7-9-11-12-13-14-15-16-17-19-20-22-27(29)34-24-26(25-35-37(31,32)33)36-28(30)23-21-18-10-8-6-4-2/h26H,4,6,8,10,18,21,23-25H2,1-2H3,(H2,31,32,33)/t26-/m0/s1. The van der Waals surface area contributed by atoms with Crippen LogP contribution in [0, 0.1) is 82.9 Å². The van der Waals surface area contributed by atoms with Crippen LogP contribution in [0.1, 0.15) is 58.8 Å². The Balaban J connectivity index is 4.68. The molecule has 0 aromatic carbocycles. The number of esters is 2. The molecule has 0 radical (unpaired) electrons. The molecular weight excluding hydrogens is 495 g/mol. The van der Waals surface area contributed by atoms with Gasteiger partial charge in [0.25, 0.3) is 0 Å². The van der Waals surface area contributed by atoms with Crippen molar-refractivity contribution in [1.29, 1.82) is 0 Å². The molecule has 0 aliphatic carbocycles. The fourth-order valence-electron chi connectivity index (χ4n) is 2.25. The largest absolute Gasteiger partial charge is 0.469 e. The summed E-state index contributed by atoms with van der Waals surface area (Å²) in [5, 5.41) is 0. The Morgan fingerprint density at radius 3 is 1.81 bits per heavy atom. The summed E-state index contributed by atoms with van der Waals surface area (Å²) in [6, 6.07) is 0. The Kier molecular flexibility index (Phi) is 20.0. The van der Waals surface area contributed by atoms with Crippen molar-refractivity contribution in [2.45, 2.75) is 64.9 Å². The molecule has 2 N–H and O–H groups in total. The Bertz CT molecular complexity index is 1240.